The van der Waals surface area contributed by atoms with Gasteiger partial charge in [-0.3, -0.25) is 0 Å². The molecule has 0 aliphatic carbocycles. The molecule has 0 aliphatic rings. The quantitative estimate of drug-likeness (QED) is 0.888. The first-order valence-corrected chi connectivity index (χ1v) is 6.91. The van der Waals surface area contributed by atoms with Crippen LogP contribution in [0.25, 0.3) is 0 Å². The molecule has 0 aromatic heterocycles. The van der Waals surface area contributed by atoms with Gasteiger partial charge >= 0.3 is 0 Å². The number of halogens is 2. The summed E-state index contributed by atoms with van der Waals surface area (Å²) >= 11 is 0. The molecule has 2 aromatic carbocycles. The van der Waals surface area contributed by atoms with Crippen LogP contribution in [0.3, 0.4) is 0 Å². The van der Waals surface area contributed by atoms with Crippen LogP contribution in [-0.4, -0.2) is 19.0 Å². The van der Waals surface area contributed by atoms with E-state index in [0.717, 1.165) is 18.3 Å². The van der Waals surface area contributed by atoms with Crippen molar-refractivity contribution in [1.29, 1.82) is 0 Å². The Morgan fingerprint density at radius 2 is 1.81 bits per heavy atom. The third kappa shape index (κ3) is 4.26. The Bertz CT molecular complexity index is 611. The first kappa shape index (κ1) is 15.4. The number of benzene rings is 2. The average molecular weight is 290 g/mol. The smallest absolute Gasteiger partial charge is 0.159 e. The Kier molecular flexibility index (Phi) is 4.91. The molecule has 112 valence electrons. The molecule has 0 bridgehead atoms. The van der Waals surface area contributed by atoms with Crippen molar-refractivity contribution in [3.8, 4) is 0 Å². The van der Waals surface area contributed by atoms with Gasteiger partial charge < -0.3 is 10.2 Å². The summed E-state index contributed by atoms with van der Waals surface area (Å²) in [7, 11) is 4.04. The average Bonchev–Trinajstić information content (AvgIpc) is 2.41. The maximum atomic E-state index is 13.3. The lowest BCUT2D eigenvalue weighted by atomic mass is 10.1. The van der Waals surface area contributed by atoms with E-state index in [-0.39, 0.29) is 6.04 Å². The van der Waals surface area contributed by atoms with Crippen molar-refractivity contribution in [2.45, 2.75) is 19.5 Å². The number of hydrogen-bond acceptors (Lipinski definition) is 2. The summed E-state index contributed by atoms with van der Waals surface area (Å²) in [5.41, 5.74) is 2.88. The van der Waals surface area contributed by atoms with Crippen molar-refractivity contribution in [2.75, 3.05) is 19.4 Å². The van der Waals surface area contributed by atoms with E-state index in [0.29, 0.717) is 5.56 Å². The summed E-state index contributed by atoms with van der Waals surface area (Å²) in [6, 6.07) is 12.0. The third-order valence-electron chi connectivity index (χ3n) is 3.25. The van der Waals surface area contributed by atoms with Gasteiger partial charge in [-0.15, -0.1) is 0 Å². The molecule has 0 heterocycles. The SMILES string of the molecule is CC(Nc1cccc(CN(C)C)c1)c1ccc(F)c(F)c1. The van der Waals surface area contributed by atoms with Gasteiger partial charge in [-0.1, -0.05) is 18.2 Å². The van der Waals surface area contributed by atoms with E-state index in [1.807, 2.05) is 33.2 Å². The van der Waals surface area contributed by atoms with Crippen molar-refractivity contribution < 1.29 is 8.78 Å². The van der Waals surface area contributed by atoms with Gasteiger partial charge in [0.05, 0.1) is 0 Å². The minimum atomic E-state index is -0.820. The van der Waals surface area contributed by atoms with E-state index in [4.69, 9.17) is 0 Å². The highest BCUT2D eigenvalue weighted by atomic mass is 19.2. The zero-order valence-electron chi connectivity index (χ0n) is 12.5. The van der Waals surface area contributed by atoms with Crippen LogP contribution in [0.1, 0.15) is 24.1 Å². The maximum absolute atomic E-state index is 13.3. The van der Waals surface area contributed by atoms with Crippen molar-refractivity contribution in [2.24, 2.45) is 0 Å². The van der Waals surface area contributed by atoms with Crippen molar-refractivity contribution >= 4 is 5.69 Å². The van der Waals surface area contributed by atoms with Crippen LogP contribution in [0, 0.1) is 11.6 Å². The second kappa shape index (κ2) is 6.68. The Morgan fingerprint density at radius 3 is 2.48 bits per heavy atom. The fourth-order valence-corrected chi connectivity index (χ4v) is 2.24. The van der Waals surface area contributed by atoms with E-state index < -0.39 is 11.6 Å². The Balaban J connectivity index is 2.11. The molecule has 4 heteroatoms. The zero-order chi connectivity index (χ0) is 15.4. The lowest BCUT2D eigenvalue weighted by Gasteiger charge is -2.17. The number of hydrogen-bond donors (Lipinski definition) is 1. The van der Waals surface area contributed by atoms with Crippen molar-refractivity contribution in [3.63, 3.8) is 0 Å². The first-order chi connectivity index (χ1) is 9.95. The van der Waals surface area contributed by atoms with Crippen LogP contribution >= 0.6 is 0 Å². The Labute approximate surface area is 124 Å². The van der Waals surface area contributed by atoms with Crippen molar-refractivity contribution in [3.05, 3.63) is 65.2 Å². The topological polar surface area (TPSA) is 15.3 Å². The third-order valence-corrected chi connectivity index (χ3v) is 3.25. The molecule has 0 aliphatic heterocycles. The Morgan fingerprint density at radius 1 is 1.05 bits per heavy atom. The minimum absolute atomic E-state index is 0.102. The molecule has 0 saturated heterocycles. The van der Waals surface area contributed by atoms with E-state index in [1.54, 1.807) is 6.07 Å². The van der Waals surface area contributed by atoms with Crippen LogP contribution < -0.4 is 5.32 Å². The molecule has 0 radical (unpaired) electrons. The van der Waals surface area contributed by atoms with Crippen LogP contribution in [0.15, 0.2) is 42.5 Å². The van der Waals surface area contributed by atoms with Gasteiger partial charge in [-0.2, -0.15) is 0 Å². The highest BCUT2D eigenvalue weighted by molar-refractivity contribution is 5.47. The summed E-state index contributed by atoms with van der Waals surface area (Å²) in [5.74, 6) is -1.64. The zero-order valence-corrected chi connectivity index (χ0v) is 12.5. The molecule has 0 spiro atoms. The van der Waals surface area contributed by atoms with Gasteiger partial charge in [0.15, 0.2) is 11.6 Å². The highest BCUT2D eigenvalue weighted by Gasteiger charge is 2.09. The molecule has 0 saturated carbocycles. The number of rotatable bonds is 5. The van der Waals surface area contributed by atoms with Crippen LogP contribution in [-0.2, 0) is 6.54 Å². The molecule has 21 heavy (non-hydrogen) atoms. The number of nitrogens with zero attached hydrogens (tertiary/aromatic N) is 1. The first-order valence-electron chi connectivity index (χ1n) is 6.91. The van der Waals surface area contributed by atoms with E-state index in [9.17, 15) is 8.78 Å². The maximum Gasteiger partial charge on any atom is 0.159 e. The number of nitrogens with one attached hydrogen (secondary N) is 1. The largest absolute Gasteiger partial charge is 0.379 e. The lowest BCUT2D eigenvalue weighted by molar-refractivity contribution is 0.402. The fourth-order valence-electron chi connectivity index (χ4n) is 2.24. The summed E-state index contributed by atoms with van der Waals surface area (Å²) in [4.78, 5) is 2.10. The Hall–Kier alpha value is -1.94. The predicted molar refractivity (Wildman–Crippen MR) is 82.2 cm³/mol. The molecule has 2 aromatic rings. The predicted octanol–water partition coefficient (Wildman–Crippen LogP) is 4.20. The van der Waals surface area contributed by atoms with Gasteiger partial charge in [0, 0.05) is 18.3 Å². The van der Waals surface area contributed by atoms with Gasteiger partial charge in [0.25, 0.3) is 0 Å². The molecule has 2 nitrogen and oxygen atoms in total. The van der Waals surface area contributed by atoms with Crippen molar-refractivity contribution in [1.82, 2.24) is 4.90 Å². The van der Waals surface area contributed by atoms with E-state index in [1.165, 1.54) is 11.6 Å². The van der Waals surface area contributed by atoms with Crippen LogP contribution in [0.2, 0.25) is 0 Å². The number of anilines is 1. The van der Waals surface area contributed by atoms with Gasteiger partial charge in [0.2, 0.25) is 0 Å². The molecule has 0 fully saturated rings. The highest BCUT2D eigenvalue weighted by Crippen LogP contribution is 2.22. The normalized spacial score (nSPS) is 12.5. The summed E-state index contributed by atoms with van der Waals surface area (Å²) in [5, 5.41) is 3.31. The molecule has 0 amide bonds. The molecule has 2 rings (SSSR count). The molecule has 1 unspecified atom stereocenters. The fraction of sp³-hybridized carbons (Fsp3) is 0.294. The molecule has 1 atom stereocenters. The van der Waals surface area contributed by atoms with E-state index >= 15 is 0 Å². The molecule has 1 N–H and O–H groups in total. The van der Waals surface area contributed by atoms with Gasteiger partial charge in [-0.05, 0) is 56.4 Å². The van der Waals surface area contributed by atoms with Gasteiger partial charge in [0.1, 0.15) is 0 Å². The second-order valence-electron chi connectivity index (χ2n) is 5.48. The second-order valence-corrected chi connectivity index (χ2v) is 5.48. The standard InChI is InChI=1S/C17H20F2N2/c1-12(14-7-8-16(18)17(19)10-14)20-15-6-4-5-13(9-15)11-21(2)3/h4-10,12,20H,11H2,1-3H3. The van der Waals surface area contributed by atoms with Gasteiger partial charge in [-0.25, -0.2) is 8.78 Å². The van der Waals surface area contributed by atoms with Crippen LogP contribution in [0.4, 0.5) is 14.5 Å². The summed E-state index contributed by atoms with van der Waals surface area (Å²) in [6.07, 6.45) is 0. The summed E-state index contributed by atoms with van der Waals surface area (Å²) < 4.78 is 26.2. The van der Waals surface area contributed by atoms with E-state index in [2.05, 4.69) is 22.3 Å². The molecular weight excluding hydrogens is 270 g/mol. The summed E-state index contributed by atoms with van der Waals surface area (Å²) in [6.45, 7) is 2.78. The lowest BCUT2D eigenvalue weighted by Crippen LogP contribution is -2.11. The monoisotopic (exact) mass is 290 g/mol. The minimum Gasteiger partial charge on any atom is -0.379 e. The van der Waals surface area contributed by atoms with Crippen LogP contribution in [0.5, 0.6) is 0 Å². The molecular formula is C17H20F2N2.